The zero-order valence-electron chi connectivity index (χ0n) is 24.7. The van der Waals surface area contributed by atoms with Crippen LogP contribution in [0.1, 0.15) is 81.5 Å². The van der Waals surface area contributed by atoms with E-state index in [0.29, 0.717) is 18.4 Å². The summed E-state index contributed by atoms with van der Waals surface area (Å²) in [4.78, 5) is 14.3. The van der Waals surface area contributed by atoms with Crippen LogP contribution in [0, 0.1) is 11.3 Å². The van der Waals surface area contributed by atoms with E-state index in [1.54, 1.807) is 28.5 Å². The molecule has 0 aliphatic heterocycles. The largest absolute Gasteiger partial charge is 0.352 e. The second-order valence-electron chi connectivity index (χ2n) is 12.8. The Labute approximate surface area is 248 Å². The quantitative estimate of drug-likeness (QED) is 0.229. The van der Waals surface area contributed by atoms with E-state index in [1.165, 1.54) is 24.8 Å². The second kappa shape index (κ2) is 11.1. The molecule has 3 unspecified atom stereocenters. The Bertz CT molecular complexity index is 1550. The minimum atomic E-state index is -0.0409. The molecule has 3 atom stereocenters. The summed E-state index contributed by atoms with van der Waals surface area (Å²) in [6, 6.07) is 21.4. The fourth-order valence-electron chi connectivity index (χ4n) is 7.56. The maximum Gasteiger partial charge on any atom is 0.244 e. The minimum absolute atomic E-state index is 0.0409. The Balaban J connectivity index is 1.19. The number of rotatable bonds is 7. The van der Waals surface area contributed by atoms with Crippen molar-refractivity contribution < 1.29 is 4.79 Å². The van der Waals surface area contributed by atoms with E-state index in [4.69, 9.17) is 5.10 Å². The first kappa shape index (κ1) is 27.7. The number of carbonyl (C=O) groups is 1. The number of para-hydroxylation sites is 1. The molecule has 2 heterocycles. The van der Waals surface area contributed by atoms with Crippen LogP contribution in [0.2, 0.25) is 0 Å². The lowest BCUT2D eigenvalue weighted by Crippen LogP contribution is -2.53. The molecular weight excluding hydrogens is 522 g/mol. The van der Waals surface area contributed by atoms with E-state index in [1.807, 2.05) is 53.4 Å². The van der Waals surface area contributed by atoms with Crippen molar-refractivity contribution in [3.63, 3.8) is 0 Å². The molecule has 4 nitrogen and oxygen atoms in total. The molecule has 1 saturated carbocycles. The number of aromatic nitrogens is 2. The van der Waals surface area contributed by atoms with Gasteiger partial charge in [0.15, 0.2) is 0 Å². The van der Waals surface area contributed by atoms with Gasteiger partial charge in [-0.15, -0.1) is 11.3 Å². The first-order valence-electron chi connectivity index (χ1n) is 15.0. The average molecular weight is 564 g/mol. The highest BCUT2D eigenvalue weighted by atomic mass is 32.1. The van der Waals surface area contributed by atoms with E-state index < -0.39 is 0 Å². The molecule has 41 heavy (non-hydrogen) atoms. The lowest BCUT2D eigenvalue weighted by Gasteiger charge is -2.55. The van der Waals surface area contributed by atoms with E-state index in [2.05, 4.69) is 62.7 Å². The van der Waals surface area contributed by atoms with E-state index >= 15 is 0 Å². The van der Waals surface area contributed by atoms with Crippen molar-refractivity contribution in [2.45, 2.75) is 71.1 Å². The molecule has 5 heteroatoms. The van der Waals surface area contributed by atoms with Crippen LogP contribution in [0.15, 0.2) is 78.3 Å². The van der Waals surface area contributed by atoms with Crippen LogP contribution in [-0.2, 0) is 16.6 Å². The van der Waals surface area contributed by atoms with Crippen molar-refractivity contribution in [3.05, 3.63) is 101 Å². The van der Waals surface area contributed by atoms with Crippen molar-refractivity contribution in [1.82, 2.24) is 15.1 Å². The van der Waals surface area contributed by atoms with E-state index in [0.717, 1.165) is 34.7 Å². The SMILES string of the molecule is CC(C)c1ccc2c(c1)CCC1C(C)(CNC(=O)C=Cc3cn(-c4ccccc4)nc3-c3cccs3)CCCC21C. The van der Waals surface area contributed by atoms with Gasteiger partial charge in [0.2, 0.25) is 5.91 Å². The fraction of sp³-hybridized carbons (Fsp3) is 0.389. The number of carbonyl (C=O) groups excluding carboxylic acids is 1. The highest BCUT2D eigenvalue weighted by Gasteiger charge is 2.51. The van der Waals surface area contributed by atoms with Gasteiger partial charge in [0, 0.05) is 24.4 Å². The van der Waals surface area contributed by atoms with E-state index in [9.17, 15) is 4.79 Å². The summed E-state index contributed by atoms with van der Waals surface area (Å²) in [6.45, 7) is 10.2. The lowest BCUT2D eigenvalue weighted by molar-refractivity contribution is -0.117. The standard InChI is InChI=1S/C36H41N3OS/c1-25(2)26-13-16-30-27(22-26)14-17-32-35(3,19-9-20-36(30,32)4)24-37-33(40)18-15-28-23-39(29-10-6-5-7-11-29)38-34(28)31-12-8-21-41-31/h5-8,10-13,15-16,18,21-23,25,32H,9,14,17,19-20,24H2,1-4H3,(H,37,40). The van der Waals surface area contributed by atoms with Crippen LogP contribution in [0.5, 0.6) is 0 Å². The highest BCUT2D eigenvalue weighted by molar-refractivity contribution is 7.13. The molecule has 0 saturated heterocycles. The Hall–Kier alpha value is -3.44. The predicted molar refractivity (Wildman–Crippen MR) is 171 cm³/mol. The van der Waals surface area contributed by atoms with Crippen molar-refractivity contribution in [2.24, 2.45) is 11.3 Å². The first-order chi connectivity index (χ1) is 19.8. The number of thiophene rings is 1. The fourth-order valence-corrected chi connectivity index (χ4v) is 8.29. The molecular formula is C36H41N3OS. The number of hydrogen-bond acceptors (Lipinski definition) is 3. The van der Waals surface area contributed by atoms with Crippen LogP contribution >= 0.6 is 11.3 Å². The molecule has 0 bridgehead atoms. The predicted octanol–water partition coefficient (Wildman–Crippen LogP) is 8.56. The molecule has 6 rings (SSSR count). The molecule has 0 radical (unpaired) electrons. The summed E-state index contributed by atoms with van der Waals surface area (Å²) in [7, 11) is 0. The molecule has 0 spiro atoms. The van der Waals surface area contributed by atoms with Crippen LogP contribution in [0.4, 0.5) is 0 Å². The van der Waals surface area contributed by atoms with Gasteiger partial charge in [-0.05, 0) is 94.7 Å². The monoisotopic (exact) mass is 563 g/mol. The highest BCUT2D eigenvalue weighted by Crippen LogP contribution is 2.57. The molecule has 4 aromatic rings. The molecule has 1 fully saturated rings. The van der Waals surface area contributed by atoms with Gasteiger partial charge in [0.1, 0.15) is 5.69 Å². The molecule has 1 N–H and O–H groups in total. The summed E-state index contributed by atoms with van der Waals surface area (Å²) in [5.74, 6) is 1.07. The van der Waals surface area contributed by atoms with Crippen molar-refractivity contribution >= 4 is 23.3 Å². The summed E-state index contributed by atoms with van der Waals surface area (Å²) in [5.41, 5.74) is 7.61. The third kappa shape index (κ3) is 5.32. The van der Waals surface area contributed by atoms with Gasteiger partial charge >= 0.3 is 0 Å². The lowest BCUT2D eigenvalue weighted by atomic mass is 9.49. The van der Waals surface area contributed by atoms with Crippen LogP contribution in [0.25, 0.3) is 22.3 Å². The number of hydrogen-bond donors (Lipinski definition) is 1. The Kier molecular flexibility index (Phi) is 7.50. The van der Waals surface area contributed by atoms with Gasteiger partial charge < -0.3 is 5.32 Å². The van der Waals surface area contributed by atoms with Crippen LogP contribution < -0.4 is 5.32 Å². The summed E-state index contributed by atoms with van der Waals surface area (Å²) in [6.07, 6.45) is 11.5. The van der Waals surface area contributed by atoms with Crippen molar-refractivity contribution in [2.75, 3.05) is 6.54 Å². The zero-order chi connectivity index (χ0) is 28.6. The normalized spacial score (nSPS) is 23.9. The van der Waals surface area contributed by atoms with Gasteiger partial charge in [-0.1, -0.05) is 76.6 Å². The Morgan fingerprint density at radius 2 is 1.95 bits per heavy atom. The Morgan fingerprint density at radius 1 is 1.12 bits per heavy atom. The molecule has 212 valence electrons. The third-order valence-corrected chi connectivity index (χ3v) is 10.6. The number of nitrogens with zero attached hydrogens (tertiary/aromatic N) is 2. The maximum atomic E-state index is 13.2. The summed E-state index contributed by atoms with van der Waals surface area (Å²) < 4.78 is 1.89. The van der Waals surface area contributed by atoms with Gasteiger partial charge in [-0.25, -0.2) is 4.68 Å². The maximum absolute atomic E-state index is 13.2. The molecule has 2 aliphatic carbocycles. The van der Waals surface area contributed by atoms with Gasteiger partial charge in [0.05, 0.1) is 10.6 Å². The summed E-state index contributed by atoms with van der Waals surface area (Å²) >= 11 is 1.66. The third-order valence-electron chi connectivity index (χ3n) is 9.77. The Morgan fingerprint density at radius 3 is 2.71 bits per heavy atom. The molecule has 1 amide bonds. The van der Waals surface area contributed by atoms with Gasteiger partial charge in [-0.3, -0.25) is 4.79 Å². The minimum Gasteiger partial charge on any atom is -0.352 e. The average Bonchev–Trinajstić information content (AvgIpc) is 3.65. The van der Waals surface area contributed by atoms with E-state index in [-0.39, 0.29) is 16.7 Å². The smallest absolute Gasteiger partial charge is 0.244 e. The first-order valence-corrected chi connectivity index (χ1v) is 15.9. The molecule has 2 aromatic heterocycles. The topological polar surface area (TPSA) is 46.9 Å². The number of amides is 1. The number of nitrogens with one attached hydrogen (secondary N) is 1. The zero-order valence-corrected chi connectivity index (χ0v) is 25.5. The number of fused-ring (bicyclic) bond motifs is 3. The van der Waals surface area contributed by atoms with Crippen LogP contribution in [-0.4, -0.2) is 22.2 Å². The summed E-state index contributed by atoms with van der Waals surface area (Å²) in [5, 5.41) is 10.2. The molecule has 2 aliphatic rings. The van der Waals surface area contributed by atoms with Crippen molar-refractivity contribution in [3.8, 4) is 16.3 Å². The van der Waals surface area contributed by atoms with Crippen LogP contribution in [0.3, 0.4) is 0 Å². The van der Waals surface area contributed by atoms with Gasteiger partial charge in [0.25, 0.3) is 0 Å². The number of benzene rings is 2. The second-order valence-corrected chi connectivity index (χ2v) is 13.8. The van der Waals surface area contributed by atoms with Crippen molar-refractivity contribution in [1.29, 1.82) is 0 Å². The number of aryl methyl sites for hydroxylation is 1. The molecule has 2 aromatic carbocycles. The van der Waals surface area contributed by atoms with Gasteiger partial charge in [-0.2, -0.15) is 5.10 Å².